The van der Waals surface area contributed by atoms with E-state index in [2.05, 4.69) is 44.2 Å². The van der Waals surface area contributed by atoms with E-state index in [9.17, 15) is 0 Å². The van der Waals surface area contributed by atoms with Gasteiger partial charge in [0.15, 0.2) is 5.79 Å². The lowest BCUT2D eigenvalue weighted by molar-refractivity contribution is -0.265. The molecule has 1 aliphatic heterocycles. The van der Waals surface area contributed by atoms with Crippen molar-refractivity contribution in [1.82, 2.24) is 0 Å². The summed E-state index contributed by atoms with van der Waals surface area (Å²) in [6.45, 7) is 6.30. The van der Waals surface area contributed by atoms with E-state index in [1.54, 1.807) is 14.2 Å². The Balaban J connectivity index is 2.15. The summed E-state index contributed by atoms with van der Waals surface area (Å²) in [6.07, 6.45) is 11.2. The van der Waals surface area contributed by atoms with E-state index in [0.717, 1.165) is 38.0 Å². The van der Waals surface area contributed by atoms with Crippen LogP contribution in [0.4, 0.5) is 0 Å². The first-order chi connectivity index (χ1) is 13.2. The molecule has 1 aromatic rings. The van der Waals surface area contributed by atoms with Crippen molar-refractivity contribution in [2.24, 2.45) is 11.3 Å². The monoisotopic (exact) mass is 376 g/mol. The quantitative estimate of drug-likeness (QED) is 0.281. The van der Waals surface area contributed by atoms with Gasteiger partial charge in [0, 0.05) is 31.1 Å². The molecule has 1 unspecified atom stereocenters. The minimum Gasteiger partial charge on any atom is -0.380 e. The molecule has 1 aliphatic rings. The number of hydrogen-bond acceptors (Lipinski definition) is 3. The second kappa shape index (κ2) is 11.2. The summed E-state index contributed by atoms with van der Waals surface area (Å²) < 4.78 is 17.9. The van der Waals surface area contributed by atoms with Crippen molar-refractivity contribution in [1.29, 1.82) is 0 Å². The molecular formula is C24H40O3. The maximum Gasteiger partial charge on any atom is 0.197 e. The van der Waals surface area contributed by atoms with Crippen molar-refractivity contribution in [2.75, 3.05) is 27.4 Å². The molecule has 1 aromatic carbocycles. The number of rotatable bonds is 14. The Kier molecular flexibility index (Phi) is 9.28. The van der Waals surface area contributed by atoms with Crippen LogP contribution in [0, 0.1) is 11.3 Å². The van der Waals surface area contributed by atoms with Gasteiger partial charge in [-0.2, -0.15) is 0 Å². The summed E-state index contributed by atoms with van der Waals surface area (Å²) in [6, 6.07) is 10.5. The molecule has 1 saturated heterocycles. The van der Waals surface area contributed by atoms with Gasteiger partial charge in [-0.25, -0.2) is 0 Å². The van der Waals surface area contributed by atoms with Gasteiger partial charge in [-0.1, -0.05) is 82.7 Å². The lowest BCUT2D eigenvalue weighted by Gasteiger charge is -2.47. The Labute approximate surface area is 166 Å². The maximum atomic E-state index is 6.13. The first-order valence-electron chi connectivity index (χ1n) is 10.9. The fraction of sp³-hybridized carbons (Fsp3) is 0.750. The number of unbranched alkanes of at least 4 members (excludes halogenated alkanes) is 5. The van der Waals surface area contributed by atoms with Crippen LogP contribution >= 0.6 is 0 Å². The molecule has 154 valence electrons. The molecular weight excluding hydrogens is 336 g/mol. The van der Waals surface area contributed by atoms with Crippen LogP contribution in [0.1, 0.15) is 77.2 Å². The summed E-state index contributed by atoms with van der Waals surface area (Å²) in [5, 5.41) is 0. The van der Waals surface area contributed by atoms with E-state index in [1.165, 1.54) is 38.5 Å². The molecule has 3 nitrogen and oxygen atoms in total. The average Bonchev–Trinajstić information content (AvgIpc) is 2.69. The third-order valence-electron chi connectivity index (χ3n) is 6.47. The molecule has 0 aliphatic carbocycles. The fourth-order valence-corrected chi connectivity index (χ4v) is 4.54. The molecule has 0 saturated carbocycles. The van der Waals surface area contributed by atoms with Gasteiger partial charge in [-0.3, -0.25) is 0 Å². The lowest BCUT2D eigenvalue weighted by Crippen LogP contribution is -2.48. The zero-order valence-corrected chi connectivity index (χ0v) is 18.0. The first kappa shape index (κ1) is 22.4. The molecule has 0 N–H and O–H groups in total. The van der Waals surface area contributed by atoms with Crippen LogP contribution in [-0.2, 0) is 20.0 Å². The second-order valence-corrected chi connectivity index (χ2v) is 8.25. The summed E-state index contributed by atoms with van der Waals surface area (Å²) in [4.78, 5) is 0. The molecule has 0 spiro atoms. The summed E-state index contributed by atoms with van der Waals surface area (Å²) in [5.74, 6) is -0.354. The predicted octanol–water partition coefficient (Wildman–Crippen LogP) is 6.32. The van der Waals surface area contributed by atoms with Crippen LogP contribution in [0.3, 0.4) is 0 Å². The zero-order valence-electron chi connectivity index (χ0n) is 18.0. The molecule has 0 radical (unpaired) electrons. The minimum atomic E-state index is -0.678. The van der Waals surface area contributed by atoms with E-state index < -0.39 is 5.79 Å². The van der Waals surface area contributed by atoms with E-state index in [-0.39, 0.29) is 5.41 Å². The molecule has 1 atom stereocenters. The first-order valence-corrected chi connectivity index (χ1v) is 10.9. The Morgan fingerprint density at radius 2 is 1.59 bits per heavy atom. The molecule has 0 bridgehead atoms. The van der Waals surface area contributed by atoms with Crippen molar-refractivity contribution < 1.29 is 14.2 Å². The van der Waals surface area contributed by atoms with Gasteiger partial charge in [-0.05, 0) is 19.3 Å². The lowest BCUT2D eigenvalue weighted by atomic mass is 9.70. The maximum absolute atomic E-state index is 6.13. The van der Waals surface area contributed by atoms with Gasteiger partial charge < -0.3 is 14.2 Å². The van der Waals surface area contributed by atoms with Crippen LogP contribution in [0.25, 0.3) is 0 Å². The molecule has 1 fully saturated rings. The van der Waals surface area contributed by atoms with Crippen LogP contribution in [0.5, 0.6) is 0 Å². The van der Waals surface area contributed by atoms with Crippen LogP contribution < -0.4 is 0 Å². The highest BCUT2D eigenvalue weighted by atomic mass is 16.7. The van der Waals surface area contributed by atoms with E-state index in [4.69, 9.17) is 14.2 Å². The van der Waals surface area contributed by atoms with Gasteiger partial charge in [0.1, 0.15) is 0 Å². The Morgan fingerprint density at radius 3 is 2.11 bits per heavy atom. The number of benzene rings is 1. The van der Waals surface area contributed by atoms with Crippen molar-refractivity contribution >= 4 is 0 Å². The largest absolute Gasteiger partial charge is 0.380 e. The SMILES string of the molecule is CCCCCCCCC(CC1(CC)COC1)C(OC)(OC)c1ccccc1. The van der Waals surface area contributed by atoms with Crippen molar-refractivity contribution in [2.45, 2.75) is 77.4 Å². The highest BCUT2D eigenvalue weighted by molar-refractivity contribution is 5.21. The van der Waals surface area contributed by atoms with Crippen LogP contribution in [0.15, 0.2) is 30.3 Å². The third-order valence-corrected chi connectivity index (χ3v) is 6.47. The van der Waals surface area contributed by atoms with E-state index in [1.807, 2.05) is 0 Å². The van der Waals surface area contributed by atoms with Crippen molar-refractivity contribution in [3.8, 4) is 0 Å². The van der Waals surface area contributed by atoms with E-state index in [0.29, 0.717) is 5.92 Å². The smallest absolute Gasteiger partial charge is 0.197 e. The fourth-order valence-electron chi connectivity index (χ4n) is 4.54. The van der Waals surface area contributed by atoms with Crippen molar-refractivity contribution in [3.63, 3.8) is 0 Å². The van der Waals surface area contributed by atoms with Gasteiger partial charge in [0.05, 0.1) is 13.2 Å². The highest BCUT2D eigenvalue weighted by Gasteiger charge is 2.47. The van der Waals surface area contributed by atoms with Gasteiger partial charge in [-0.15, -0.1) is 0 Å². The minimum absolute atomic E-state index is 0.282. The molecule has 27 heavy (non-hydrogen) atoms. The Bertz CT molecular complexity index is 500. The number of methoxy groups -OCH3 is 2. The standard InChI is InChI=1S/C24H40O3/c1-5-7-8-9-10-12-17-22(18-23(6-2)19-27-20-23)24(25-3,26-4)21-15-13-11-14-16-21/h11,13-16,22H,5-10,12,17-20H2,1-4H3. The summed E-state index contributed by atoms with van der Waals surface area (Å²) >= 11 is 0. The average molecular weight is 377 g/mol. The predicted molar refractivity (Wildman–Crippen MR) is 112 cm³/mol. The molecule has 0 amide bonds. The van der Waals surface area contributed by atoms with Crippen LogP contribution in [0.2, 0.25) is 0 Å². The van der Waals surface area contributed by atoms with E-state index >= 15 is 0 Å². The summed E-state index contributed by atoms with van der Waals surface area (Å²) in [5.41, 5.74) is 1.40. The third kappa shape index (κ3) is 5.56. The molecule has 0 aromatic heterocycles. The van der Waals surface area contributed by atoms with Crippen LogP contribution in [-0.4, -0.2) is 27.4 Å². The normalized spacial score (nSPS) is 17.5. The number of ether oxygens (including phenoxy) is 3. The topological polar surface area (TPSA) is 27.7 Å². The summed E-state index contributed by atoms with van der Waals surface area (Å²) in [7, 11) is 3.58. The van der Waals surface area contributed by atoms with Crippen molar-refractivity contribution in [3.05, 3.63) is 35.9 Å². The molecule has 1 heterocycles. The Morgan fingerprint density at radius 1 is 0.963 bits per heavy atom. The second-order valence-electron chi connectivity index (χ2n) is 8.25. The molecule has 3 heteroatoms. The van der Waals surface area contributed by atoms with Gasteiger partial charge in [0.2, 0.25) is 0 Å². The molecule has 2 rings (SSSR count). The van der Waals surface area contributed by atoms with Gasteiger partial charge in [0.25, 0.3) is 0 Å². The highest BCUT2D eigenvalue weighted by Crippen LogP contribution is 2.47. The Hall–Kier alpha value is -0.900. The zero-order chi connectivity index (χ0) is 19.6. The number of hydrogen-bond donors (Lipinski definition) is 0. The van der Waals surface area contributed by atoms with Gasteiger partial charge >= 0.3 is 0 Å².